The number of carbonyl (C=O) groups is 2. The van der Waals surface area contributed by atoms with Crippen LogP contribution in [0, 0.1) is 0 Å². The predicted molar refractivity (Wildman–Crippen MR) is 333 cm³/mol. The number of allylic oxidation sites excluding steroid dienone is 1. The average molecular weight is 1070 g/mol. The number of hydrogen-bond acceptors (Lipinski definition) is 5. The quantitative estimate of drug-likeness (QED) is 0.0320. The van der Waals surface area contributed by atoms with Crippen molar-refractivity contribution < 1.29 is 24.5 Å². The van der Waals surface area contributed by atoms with Crippen LogP contribution in [0.15, 0.2) is 12.2 Å². The van der Waals surface area contributed by atoms with E-state index < -0.39 is 12.1 Å². The molecule has 0 fully saturated rings. The molecule has 0 radical (unpaired) electrons. The first kappa shape index (κ1) is 74.6. The number of aliphatic hydroxyl groups is 2. The van der Waals surface area contributed by atoms with E-state index in [1.54, 1.807) is 6.08 Å². The summed E-state index contributed by atoms with van der Waals surface area (Å²) >= 11 is 0. The van der Waals surface area contributed by atoms with E-state index in [4.69, 9.17) is 4.74 Å². The molecule has 6 heteroatoms. The van der Waals surface area contributed by atoms with Gasteiger partial charge in [0.05, 0.1) is 25.4 Å². The Hall–Kier alpha value is -1.40. The maximum atomic E-state index is 12.5. The molecular formula is C70H137NO5. The van der Waals surface area contributed by atoms with E-state index in [0.29, 0.717) is 19.4 Å². The number of ether oxygens (including phenoxy) is 1. The number of rotatable bonds is 66. The van der Waals surface area contributed by atoms with Crippen molar-refractivity contribution >= 4 is 11.9 Å². The summed E-state index contributed by atoms with van der Waals surface area (Å²) in [5.74, 6) is -0.0429. The number of nitrogens with one attached hydrogen (secondary N) is 1. The minimum absolute atomic E-state index is 0.0200. The minimum Gasteiger partial charge on any atom is -0.466 e. The highest BCUT2D eigenvalue weighted by Gasteiger charge is 2.18. The maximum absolute atomic E-state index is 12.5. The molecule has 76 heavy (non-hydrogen) atoms. The summed E-state index contributed by atoms with van der Waals surface area (Å²) in [6, 6.07) is -0.627. The Morgan fingerprint density at radius 1 is 0.355 bits per heavy atom. The molecule has 0 saturated carbocycles. The summed E-state index contributed by atoms with van der Waals surface area (Å²) in [5, 5.41) is 23.2. The number of amides is 1. The number of aliphatic hydroxyl groups excluding tert-OH is 2. The third-order valence-electron chi connectivity index (χ3n) is 16.6. The van der Waals surface area contributed by atoms with Crippen LogP contribution in [0.3, 0.4) is 0 Å². The van der Waals surface area contributed by atoms with Gasteiger partial charge < -0.3 is 20.3 Å². The van der Waals surface area contributed by atoms with E-state index in [1.165, 1.54) is 334 Å². The molecule has 3 N–H and O–H groups in total. The van der Waals surface area contributed by atoms with Gasteiger partial charge in [-0.3, -0.25) is 9.59 Å². The Morgan fingerprint density at radius 3 is 0.895 bits per heavy atom. The molecule has 2 atom stereocenters. The van der Waals surface area contributed by atoms with Crippen LogP contribution >= 0.6 is 0 Å². The van der Waals surface area contributed by atoms with Crippen molar-refractivity contribution in [1.29, 1.82) is 0 Å². The number of unbranched alkanes of at least 4 members (excludes halogenated alkanes) is 55. The fourth-order valence-corrected chi connectivity index (χ4v) is 11.2. The van der Waals surface area contributed by atoms with Crippen LogP contribution in [0.2, 0.25) is 0 Å². The lowest BCUT2D eigenvalue weighted by molar-refractivity contribution is -0.143. The van der Waals surface area contributed by atoms with Crippen LogP contribution in [-0.2, 0) is 14.3 Å². The molecule has 0 spiro atoms. The zero-order valence-electron chi connectivity index (χ0n) is 51.8. The van der Waals surface area contributed by atoms with Gasteiger partial charge in [-0.25, -0.2) is 0 Å². The van der Waals surface area contributed by atoms with E-state index >= 15 is 0 Å². The van der Waals surface area contributed by atoms with Crippen LogP contribution in [0.4, 0.5) is 0 Å². The highest BCUT2D eigenvalue weighted by atomic mass is 16.5. The number of hydrogen-bond donors (Lipinski definition) is 3. The molecule has 2 unspecified atom stereocenters. The van der Waals surface area contributed by atoms with Crippen molar-refractivity contribution in [1.82, 2.24) is 5.32 Å². The van der Waals surface area contributed by atoms with Gasteiger partial charge >= 0.3 is 5.97 Å². The molecule has 0 saturated heterocycles. The van der Waals surface area contributed by atoms with Gasteiger partial charge in [0.15, 0.2) is 0 Å². The summed E-state index contributed by atoms with van der Waals surface area (Å²) < 4.78 is 5.51. The van der Waals surface area contributed by atoms with Gasteiger partial charge in [-0.2, -0.15) is 0 Å². The monoisotopic (exact) mass is 1070 g/mol. The molecule has 0 heterocycles. The van der Waals surface area contributed by atoms with Crippen LogP contribution in [0.1, 0.15) is 399 Å². The van der Waals surface area contributed by atoms with Gasteiger partial charge in [-0.05, 0) is 32.1 Å². The van der Waals surface area contributed by atoms with E-state index in [1.807, 2.05) is 6.08 Å². The predicted octanol–water partition coefficient (Wildman–Crippen LogP) is 22.4. The third-order valence-corrected chi connectivity index (χ3v) is 16.6. The van der Waals surface area contributed by atoms with E-state index in [0.717, 1.165) is 38.5 Å². The Bertz CT molecular complexity index is 1140. The molecule has 0 aromatic rings. The topological polar surface area (TPSA) is 95.9 Å². The first-order valence-corrected chi connectivity index (χ1v) is 35.0. The zero-order chi connectivity index (χ0) is 55.0. The van der Waals surface area contributed by atoms with E-state index in [2.05, 4.69) is 19.2 Å². The third kappa shape index (κ3) is 61.8. The zero-order valence-corrected chi connectivity index (χ0v) is 51.8. The molecule has 6 nitrogen and oxygen atoms in total. The molecule has 0 aromatic carbocycles. The molecule has 452 valence electrons. The summed E-state index contributed by atoms with van der Waals surface area (Å²) in [6.07, 6.45) is 81.4. The van der Waals surface area contributed by atoms with Crippen LogP contribution < -0.4 is 5.32 Å². The van der Waals surface area contributed by atoms with Crippen molar-refractivity contribution in [3.05, 3.63) is 12.2 Å². The van der Waals surface area contributed by atoms with Crippen molar-refractivity contribution in [3.63, 3.8) is 0 Å². The second-order valence-electron chi connectivity index (χ2n) is 24.2. The van der Waals surface area contributed by atoms with Crippen LogP contribution in [0.5, 0.6) is 0 Å². The highest BCUT2D eigenvalue weighted by molar-refractivity contribution is 5.76. The first-order chi connectivity index (χ1) is 37.5. The summed E-state index contributed by atoms with van der Waals surface area (Å²) in [6.45, 7) is 4.95. The molecule has 0 aromatic heterocycles. The molecule has 0 rings (SSSR count). The van der Waals surface area contributed by atoms with Gasteiger partial charge in [0.2, 0.25) is 5.91 Å². The van der Waals surface area contributed by atoms with Gasteiger partial charge in [0, 0.05) is 12.8 Å². The molecule has 0 bridgehead atoms. The Morgan fingerprint density at radius 2 is 0.605 bits per heavy atom. The van der Waals surface area contributed by atoms with Crippen molar-refractivity contribution in [2.45, 2.75) is 411 Å². The Kier molecular flexibility index (Phi) is 64.9. The molecule has 0 aliphatic carbocycles. The number of esters is 1. The average Bonchev–Trinajstić information content (AvgIpc) is 3.42. The molecule has 1 amide bonds. The smallest absolute Gasteiger partial charge is 0.305 e. The van der Waals surface area contributed by atoms with Gasteiger partial charge in [-0.1, -0.05) is 366 Å². The lowest BCUT2D eigenvalue weighted by Gasteiger charge is -2.20. The number of carbonyl (C=O) groups excluding carboxylic acids is 2. The van der Waals surface area contributed by atoms with Gasteiger partial charge in [-0.15, -0.1) is 0 Å². The summed E-state index contributed by atoms with van der Waals surface area (Å²) in [4.78, 5) is 24.6. The lowest BCUT2D eigenvalue weighted by Crippen LogP contribution is -2.45. The maximum Gasteiger partial charge on any atom is 0.305 e. The highest BCUT2D eigenvalue weighted by Crippen LogP contribution is 2.19. The second kappa shape index (κ2) is 66.1. The first-order valence-electron chi connectivity index (χ1n) is 35.0. The lowest BCUT2D eigenvalue weighted by atomic mass is 10.0. The van der Waals surface area contributed by atoms with Crippen molar-refractivity contribution in [3.8, 4) is 0 Å². The fraction of sp³-hybridized carbons (Fsp3) is 0.943. The van der Waals surface area contributed by atoms with Crippen LogP contribution in [-0.4, -0.2) is 47.4 Å². The summed E-state index contributed by atoms with van der Waals surface area (Å²) in [5.41, 5.74) is 0. The Balaban J connectivity index is 3.37. The Labute approximate surface area is 476 Å². The van der Waals surface area contributed by atoms with Crippen molar-refractivity contribution in [2.75, 3.05) is 13.2 Å². The van der Waals surface area contributed by atoms with Gasteiger partial charge in [0.1, 0.15) is 0 Å². The fourth-order valence-electron chi connectivity index (χ4n) is 11.2. The van der Waals surface area contributed by atoms with Crippen molar-refractivity contribution in [2.24, 2.45) is 0 Å². The standard InChI is InChI=1S/C70H137NO5/c1-3-5-7-9-11-13-15-17-19-21-31-34-38-42-46-50-54-58-62-68(73)67(66-72)71-69(74)63-59-55-51-47-43-39-35-32-28-26-24-22-23-25-27-29-33-37-41-45-49-53-57-61-65-76-70(75)64-60-56-52-48-44-40-36-30-20-18-16-14-12-10-8-6-4-2/h58,62,67-68,72-73H,3-57,59-61,63-66H2,1-2H3,(H,71,74)/b62-58+. The van der Waals surface area contributed by atoms with Gasteiger partial charge in [0.25, 0.3) is 0 Å². The van der Waals surface area contributed by atoms with E-state index in [-0.39, 0.29) is 18.5 Å². The van der Waals surface area contributed by atoms with E-state index in [9.17, 15) is 19.8 Å². The second-order valence-corrected chi connectivity index (χ2v) is 24.2. The molecule has 0 aliphatic heterocycles. The SMILES string of the molecule is CCCCCCCCCCCCCCCCCC/C=C/C(O)C(CO)NC(=O)CCCCCCCCCCCCCCCCCCCCCCCCCCOC(=O)CCCCCCCCCCCCCCCCCCC. The largest absolute Gasteiger partial charge is 0.466 e. The molecule has 0 aliphatic rings. The van der Waals surface area contributed by atoms with Crippen LogP contribution in [0.25, 0.3) is 0 Å². The summed E-state index contributed by atoms with van der Waals surface area (Å²) in [7, 11) is 0. The minimum atomic E-state index is -0.843. The molecular weight excluding hydrogens is 935 g/mol. The normalized spacial score (nSPS) is 12.5.